The lowest BCUT2D eigenvalue weighted by atomic mass is 9.88. The minimum atomic E-state index is -0.921. The average Bonchev–Trinajstić information content (AvgIpc) is 2.59. The molecule has 1 saturated heterocycles. The summed E-state index contributed by atoms with van der Waals surface area (Å²) >= 11 is 0. The zero-order chi connectivity index (χ0) is 16.2. The number of piperidine rings is 1. The van der Waals surface area contributed by atoms with Crippen LogP contribution in [0.25, 0.3) is 10.8 Å². The van der Waals surface area contributed by atoms with Crippen molar-refractivity contribution in [3.05, 3.63) is 36.5 Å². The van der Waals surface area contributed by atoms with Crippen LogP contribution in [-0.2, 0) is 0 Å². The van der Waals surface area contributed by atoms with E-state index in [1.165, 1.54) is 10.8 Å². The van der Waals surface area contributed by atoms with Gasteiger partial charge in [0.05, 0.1) is 0 Å². The summed E-state index contributed by atoms with van der Waals surface area (Å²) in [5.74, 6) is 1.45. The van der Waals surface area contributed by atoms with Gasteiger partial charge in [0.15, 0.2) is 0 Å². The van der Waals surface area contributed by atoms with Crippen LogP contribution in [0.1, 0.15) is 26.2 Å². The van der Waals surface area contributed by atoms with E-state index in [9.17, 15) is 4.79 Å². The summed E-state index contributed by atoms with van der Waals surface area (Å²) in [7, 11) is 0. The Labute approximate surface area is 136 Å². The van der Waals surface area contributed by atoms with Gasteiger partial charge in [0, 0.05) is 30.7 Å². The van der Waals surface area contributed by atoms with Gasteiger partial charge < -0.3 is 15.3 Å². The Morgan fingerprint density at radius 2 is 2.09 bits per heavy atom. The molecular formula is C18H23N3O2. The van der Waals surface area contributed by atoms with E-state index in [4.69, 9.17) is 5.11 Å². The van der Waals surface area contributed by atoms with Crippen LogP contribution in [0.15, 0.2) is 36.5 Å². The highest BCUT2D eigenvalue weighted by molar-refractivity contribution is 5.92. The maximum absolute atomic E-state index is 10.9. The molecule has 5 nitrogen and oxygen atoms in total. The first-order valence-electron chi connectivity index (χ1n) is 8.27. The van der Waals surface area contributed by atoms with Gasteiger partial charge in [0.1, 0.15) is 5.82 Å². The van der Waals surface area contributed by atoms with Crippen LogP contribution in [0.2, 0.25) is 0 Å². The van der Waals surface area contributed by atoms with Gasteiger partial charge in [-0.05, 0) is 36.6 Å². The van der Waals surface area contributed by atoms with Crippen LogP contribution < -0.4 is 10.2 Å². The molecule has 1 aromatic carbocycles. The van der Waals surface area contributed by atoms with E-state index >= 15 is 0 Å². The summed E-state index contributed by atoms with van der Waals surface area (Å²) in [6, 6.07) is 10.4. The molecule has 1 aliphatic heterocycles. The summed E-state index contributed by atoms with van der Waals surface area (Å²) in [4.78, 5) is 17.8. The molecule has 1 atom stereocenters. The molecule has 1 aromatic heterocycles. The minimum Gasteiger partial charge on any atom is -0.465 e. The van der Waals surface area contributed by atoms with E-state index in [0.29, 0.717) is 5.92 Å². The number of benzene rings is 1. The van der Waals surface area contributed by atoms with Crippen molar-refractivity contribution in [3.63, 3.8) is 0 Å². The summed E-state index contributed by atoms with van der Waals surface area (Å²) in [5, 5.41) is 14.0. The van der Waals surface area contributed by atoms with Crippen LogP contribution in [0.5, 0.6) is 0 Å². The molecule has 0 aliphatic carbocycles. The number of aromatic nitrogens is 1. The number of amides is 1. The smallest absolute Gasteiger partial charge is 0.404 e. The molecule has 1 unspecified atom stereocenters. The van der Waals surface area contributed by atoms with Crippen molar-refractivity contribution in [1.82, 2.24) is 10.3 Å². The molecule has 2 aromatic rings. The molecule has 23 heavy (non-hydrogen) atoms. The normalized spacial score (nSPS) is 17.2. The van der Waals surface area contributed by atoms with Crippen LogP contribution >= 0.6 is 0 Å². The van der Waals surface area contributed by atoms with Crippen molar-refractivity contribution in [2.45, 2.75) is 32.2 Å². The number of carboxylic acid groups (broad SMARTS) is 1. The van der Waals surface area contributed by atoms with Crippen molar-refractivity contribution in [2.24, 2.45) is 5.92 Å². The molecule has 1 aliphatic rings. The van der Waals surface area contributed by atoms with Gasteiger partial charge in [0.25, 0.3) is 0 Å². The highest BCUT2D eigenvalue weighted by Crippen LogP contribution is 2.29. The van der Waals surface area contributed by atoms with Crippen LogP contribution in [0, 0.1) is 5.92 Å². The maximum atomic E-state index is 10.9. The van der Waals surface area contributed by atoms with Gasteiger partial charge in [-0.2, -0.15) is 0 Å². The lowest BCUT2D eigenvalue weighted by Crippen LogP contribution is -2.45. The van der Waals surface area contributed by atoms with Crippen LogP contribution in [-0.4, -0.2) is 35.3 Å². The molecule has 122 valence electrons. The number of nitrogens with zero attached hydrogens (tertiary/aromatic N) is 2. The number of rotatable bonds is 4. The summed E-state index contributed by atoms with van der Waals surface area (Å²) in [5.41, 5.74) is 0. The van der Waals surface area contributed by atoms with Gasteiger partial charge in [0.2, 0.25) is 0 Å². The Kier molecular flexibility index (Phi) is 4.65. The summed E-state index contributed by atoms with van der Waals surface area (Å²) < 4.78 is 0. The Hall–Kier alpha value is -2.30. The number of fused-ring (bicyclic) bond motifs is 1. The zero-order valence-electron chi connectivity index (χ0n) is 13.4. The molecule has 0 radical (unpaired) electrons. The molecule has 2 heterocycles. The van der Waals surface area contributed by atoms with Crippen molar-refractivity contribution < 1.29 is 9.90 Å². The van der Waals surface area contributed by atoms with E-state index < -0.39 is 6.09 Å². The second-order valence-electron chi connectivity index (χ2n) is 6.14. The quantitative estimate of drug-likeness (QED) is 0.906. The average molecular weight is 313 g/mol. The lowest BCUT2D eigenvalue weighted by molar-refractivity contribution is 0.179. The topological polar surface area (TPSA) is 65.5 Å². The number of anilines is 1. The molecule has 5 heteroatoms. The van der Waals surface area contributed by atoms with E-state index in [-0.39, 0.29) is 6.04 Å². The summed E-state index contributed by atoms with van der Waals surface area (Å²) in [6.07, 6.45) is 3.76. The number of nitrogens with one attached hydrogen (secondary N) is 1. The largest absolute Gasteiger partial charge is 0.465 e. The second-order valence-corrected chi connectivity index (χ2v) is 6.14. The Bertz CT molecular complexity index is 676. The van der Waals surface area contributed by atoms with Gasteiger partial charge in [-0.1, -0.05) is 31.2 Å². The molecular weight excluding hydrogens is 290 g/mol. The van der Waals surface area contributed by atoms with Crippen molar-refractivity contribution in [3.8, 4) is 0 Å². The number of hydrogen-bond donors (Lipinski definition) is 2. The minimum absolute atomic E-state index is 0.0510. The number of carbonyl (C=O) groups is 1. The predicted molar refractivity (Wildman–Crippen MR) is 91.9 cm³/mol. The molecule has 2 N–H and O–H groups in total. The highest BCUT2D eigenvalue weighted by Gasteiger charge is 2.27. The fourth-order valence-corrected chi connectivity index (χ4v) is 3.58. The molecule has 0 spiro atoms. The summed E-state index contributed by atoms with van der Waals surface area (Å²) in [6.45, 7) is 3.88. The fourth-order valence-electron chi connectivity index (χ4n) is 3.58. The standard InChI is InChI=1S/C18H23N3O2/c1-2-16(20-18(22)23)14-8-11-21(12-9-14)17-15-6-4-3-5-13(15)7-10-19-17/h3-7,10,14,16,20H,2,8-9,11-12H2,1H3,(H,22,23). The first kappa shape index (κ1) is 15.6. The lowest BCUT2D eigenvalue weighted by Gasteiger charge is -2.36. The van der Waals surface area contributed by atoms with Gasteiger partial charge in [-0.3, -0.25) is 0 Å². The first-order valence-corrected chi connectivity index (χ1v) is 8.27. The number of hydrogen-bond acceptors (Lipinski definition) is 3. The van der Waals surface area contributed by atoms with Crippen molar-refractivity contribution >= 4 is 22.7 Å². The van der Waals surface area contributed by atoms with E-state index in [0.717, 1.165) is 38.2 Å². The van der Waals surface area contributed by atoms with Crippen LogP contribution in [0.3, 0.4) is 0 Å². The third kappa shape index (κ3) is 3.38. The second kappa shape index (κ2) is 6.86. The Morgan fingerprint density at radius 1 is 1.35 bits per heavy atom. The van der Waals surface area contributed by atoms with Crippen molar-refractivity contribution in [2.75, 3.05) is 18.0 Å². The maximum Gasteiger partial charge on any atom is 0.404 e. The highest BCUT2D eigenvalue weighted by atomic mass is 16.4. The number of pyridine rings is 1. The first-order chi connectivity index (χ1) is 11.2. The third-order valence-electron chi connectivity index (χ3n) is 4.81. The van der Waals surface area contributed by atoms with Crippen LogP contribution in [0.4, 0.5) is 10.6 Å². The van der Waals surface area contributed by atoms with E-state index in [1.54, 1.807) is 0 Å². The van der Waals surface area contributed by atoms with Crippen molar-refractivity contribution in [1.29, 1.82) is 0 Å². The molecule has 3 rings (SSSR count). The zero-order valence-corrected chi connectivity index (χ0v) is 13.4. The molecule has 0 bridgehead atoms. The SMILES string of the molecule is CCC(NC(=O)O)C1CCN(c2nccc3ccccc23)CC1. The van der Waals surface area contributed by atoms with Gasteiger partial charge in [-0.15, -0.1) is 0 Å². The Balaban J connectivity index is 1.72. The van der Waals surface area contributed by atoms with E-state index in [2.05, 4.69) is 27.3 Å². The monoisotopic (exact) mass is 313 g/mol. The third-order valence-corrected chi connectivity index (χ3v) is 4.81. The fraction of sp³-hybridized carbons (Fsp3) is 0.444. The predicted octanol–water partition coefficient (Wildman–Crippen LogP) is 3.50. The Morgan fingerprint density at radius 3 is 2.78 bits per heavy atom. The van der Waals surface area contributed by atoms with Gasteiger partial charge >= 0.3 is 6.09 Å². The molecule has 0 saturated carbocycles. The molecule has 1 fully saturated rings. The van der Waals surface area contributed by atoms with Gasteiger partial charge in [-0.25, -0.2) is 9.78 Å². The molecule has 1 amide bonds. The van der Waals surface area contributed by atoms with E-state index in [1.807, 2.05) is 31.3 Å².